The summed E-state index contributed by atoms with van der Waals surface area (Å²) in [5.41, 5.74) is 2.37. The first-order chi connectivity index (χ1) is 8.85. The van der Waals surface area contributed by atoms with Gasteiger partial charge in [-0.1, -0.05) is 27.7 Å². The lowest BCUT2D eigenvalue weighted by Crippen LogP contribution is -2.25. The third-order valence-corrected chi connectivity index (χ3v) is 4.43. The highest BCUT2D eigenvalue weighted by Crippen LogP contribution is 2.30. The van der Waals surface area contributed by atoms with Crippen LogP contribution < -0.4 is 4.74 Å². The highest BCUT2D eigenvalue weighted by atomic mass is 32.1. The zero-order valence-electron chi connectivity index (χ0n) is 12.3. The molecule has 0 fully saturated rings. The largest absolute Gasteiger partial charge is 0.497 e. The summed E-state index contributed by atoms with van der Waals surface area (Å²) in [5.74, 6) is 1.44. The van der Waals surface area contributed by atoms with E-state index in [0.717, 1.165) is 28.1 Å². The molecule has 19 heavy (non-hydrogen) atoms. The van der Waals surface area contributed by atoms with Gasteiger partial charge in [0, 0.05) is 12.6 Å². The van der Waals surface area contributed by atoms with Crippen LogP contribution in [0, 0.1) is 16.1 Å². The van der Waals surface area contributed by atoms with Crippen molar-refractivity contribution in [3.05, 3.63) is 23.0 Å². The van der Waals surface area contributed by atoms with E-state index in [1.165, 1.54) is 0 Å². The van der Waals surface area contributed by atoms with Crippen molar-refractivity contribution in [2.75, 3.05) is 7.11 Å². The lowest BCUT2D eigenvalue weighted by Gasteiger charge is -2.29. The Balaban J connectivity index is 2.50. The summed E-state index contributed by atoms with van der Waals surface area (Å²) < 4.78 is 8.21. The molecular weight excluding hydrogens is 256 g/mol. The van der Waals surface area contributed by atoms with Gasteiger partial charge in [-0.3, -0.25) is 0 Å². The number of nitrogens with zero attached hydrogens (tertiary/aromatic N) is 1. The molecule has 1 heterocycles. The number of imidazole rings is 1. The van der Waals surface area contributed by atoms with Crippen LogP contribution in [-0.4, -0.2) is 16.7 Å². The smallest absolute Gasteiger partial charge is 0.178 e. The summed E-state index contributed by atoms with van der Waals surface area (Å²) in [6, 6.07) is 6.03. The Hall–Kier alpha value is -1.29. The fourth-order valence-electron chi connectivity index (χ4n) is 2.02. The Morgan fingerprint density at radius 1 is 1.37 bits per heavy atom. The molecule has 2 aromatic rings. The number of nitrogens with one attached hydrogen (secondary N) is 1. The Morgan fingerprint density at radius 2 is 2.05 bits per heavy atom. The average molecular weight is 278 g/mol. The van der Waals surface area contributed by atoms with Crippen LogP contribution in [0.5, 0.6) is 5.75 Å². The van der Waals surface area contributed by atoms with E-state index in [1.54, 1.807) is 7.11 Å². The summed E-state index contributed by atoms with van der Waals surface area (Å²) in [6.07, 6.45) is 0. The minimum absolute atomic E-state index is 0.202. The summed E-state index contributed by atoms with van der Waals surface area (Å²) in [7, 11) is 1.68. The van der Waals surface area contributed by atoms with Gasteiger partial charge >= 0.3 is 0 Å². The molecule has 0 aliphatic carbocycles. The van der Waals surface area contributed by atoms with Gasteiger partial charge in [-0.15, -0.1) is 0 Å². The van der Waals surface area contributed by atoms with Gasteiger partial charge in [-0.2, -0.15) is 0 Å². The van der Waals surface area contributed by atoms with Crippen molar-refractivity contribution in [3.8, 4) is 5.75 Å². The fourth-order valence-corrected chi connectivity index (χ4v) is 2.29. The second-order valence-corrected chi connectivity index (χ2v) is 6.43. The zero-order chi connectivity index (χ0) is 14.2. The summed E-state index contributed by atoms with van der Waals surface area (Å²) >= 11 is 5.45. The molecule has 2 rings (SSSR count). The van der Waals surface area contributed by atoms with Gasteiger partial charge in [0.25, 0.3) is 0 Å². The van der Waals surface area contributed by atoms with Crippen molar-refractivity contribution < 1.29 is 4.74 Å². The molecule has 1 aromatic carbocycles. The van der Waals surface area contributed by atoms with Crippen molar-refractivity contribution in [1.29, 1.82) is 0 Å². The van der Waals surface area contributed by atoms with Crippen molar-refractivity contribution in [2.45, 2.75) is 34.2 Å². The number of rotatable bonds is 4. The maximum absolute atomic E-state index is 5.45. The average Bonchev–Trinajstić information content (AvgIpc) is 2.64. The van der Waals surface area contributed by atoms with Gasteiger partial charge in [-0.25, -0.2) is 0 Å². The van der Waals surface area contributed by atoms with Gasteiger partial charge in [-0.05, 0) is 35.7 Å². The van der Waals surface area contributed by atoms with Crippen molar-refractivity contribution in [3.63, 3.8) is 0 Å². The van der Waals surface area contributed by atoms with E-state index in [2.05, 4.69) is 43.3 Å². The first-order valence-corrected chi connectivity index (χ1v) is 7.02. The van der Waals surface area contributed by atoms with E-state index < -0.39 is 0 Å². The molecule has 0 saturated heterocycles. The second kappa shape index (κ2) is 5.00. The molecule has 0 saturated carbocycles. The molecule has 0 unspecified atom stereocenters. The molecule has 0 amide bonds. The third kappa shape index (κ3) is 2.68. The number of hydrogen-bond acceptors (Lipinski definition) is 2. The van der Waals surface area contributed by atoms with Gasteiger partial charge < -0.3 is 14.3 Å². The number of H-pyrrole nitrogens is 1. The normalized spacial score (nSPS) is 12.3. The Kier molecular flexibility index (Phi) is 3.72. The van der Waals surface area contributed by atoms with Crippen LogP contribution in [0.25, 0.3) is 11.0 Å². The van der Waals surface area contributed by atoms with E-state index >= 15 is 0 Å². The second-order valence-electron chi connectivity index (χ2n) is 6.04. The highest BCUT2D eigenvalue weighted by Gasteiger charge is 2.24. The van der Waals surface area contributed by atoms with Gasteiger partial charge in [0.1, 0.15) is 5.75 Å². The molecule has 104 valence electrons. The van der Waals surface area contributed by atoms with Crippen molar-refractivity contribution in [1.82, 2.24) is 9.55 Å². The van der Waals surface area contributed by atoms with Crippen LogP contribution in [0.15, 0.2) is 18.2 Å². The van der Waals surface area contributed by atoms with Gasteiger partial charge in [0.2, 0.25) is 0 Å². The van der Waals surface area contributed by atoms with E-state index in [-0.39, 0.29) is 5.41 Å². The molecular formula is C15H22N2OS. The van der Waals surface area contributed by atoms with E-state index in [1.807, 2.05) is 12.1 Å². The topological polar surface area (TPSA) is 29.9 Å². The zero-order valence-corrected chi connectivity index (χ0v) is 13.1. The minimum Gasteiger partial charge on any atom is -0.497 e. The molecule has 0 atom stereocenters. The molecule has 4 heteroatoms. The number of aromatic amines is 1. The lowest BCUT2D eigenvalue weighted by molar-refractivity contribution is 0.212. The van der Waals surface area contributed by atoms with Crippen LogP contribution in [0.4, 0.5) is 0 Å². The predicted octanol–water partition coefficient (Wildman–Crippen LogP) is 4.39. The monoisotopic (exact) mass is 278 g/mol. The van der Waals surface area contributed by atoms with Gasteiger partial charge in [0.15, 0.2) is 4.77 Å². The van der Waals surface area contributed by atoms with E-state index in [0.29, 0.717) is 5.92 Å². The molecule has 0 spiro atoms. The summed E-state index contributed by atoms with van der Waals surface area (Å²) in [5, 5.41) is 0. The molecule has 1 aromatic heterocycles. The van der Waals surface area contributed by atoms with Crippen LogP contribution >= 0.6 is 12.2 Å². The first-order valence-electron chi connectivity index (χ1n) is 6.61. The number of methoxy groups -OCH3 is 1. The molecule has 0 radical (unpaired) electrons. The van der Waals surface area contributed by atoms with Crippen molar-refractivity contribution in [2.24, 2.45) is 11.3 Å². The number of fused-ring (bicyclic) bond motifs is 1. The van der Waals surface area contributed by atoms with E-state index in [9.17, 15) is 0 Å². The fraction of sp³-hybridized carbons (Fsp3) is 0.533. The first kappa shape index (κ1) is 14.1. The SMILES string of the molecule is COc1ccc2c(c1)[nH]c(=S)n2CC(C)(C)C(C)C. The maximum atomic E-state index is 5.45. The van der Waals surface area contributed by atoms with E-state index in [4.69, 9.17) is 17.0 Å². The standard InChI is InChI=1S/C15H22N2OS/c1-10(2)15(3,4)9-17-13-7-6-11(18-5)8-12(13)16-14(17)19/h6-8,10H,9H2,1-5H3,(H,16,19). The lowest BCUT2D eigenvalue weighted by atomic mass is 9.81. The van der Waals surface area contributed by atoms with Gasteiger partial charge in [0.05, 0.1) is 18.1 Å². The Morgan fingerprint density at radius 3 is 2.63 bits per heavy atom. The Bertz CT molecular complexity index is 637. The van der Waals surface area contributed by atoms with Crippen LogP contribution in [0.3, 0.4) is 0 Å². The highest BCUT2D eigenvalue weighted by molar-refractivity contribution is 7.71. The predicted molar refractivity (Wildman–Crippen MR) is 82.3 cm³/mol. The van der Waals surface area contributed by atoms with Crippen LogP contribution in [-0.2, 0) is 6.54 Å². The molecule has 1 N–H and O–H groups in total. The molecule has 0 aliphatic rings. The quantitative estimate of drug-likeness (QED) is 0.841. The van der Waals surface area contributed by atoms with Crippen LogP contribution in [0.1, 0.15) is 27.7 Å². The van der Waals surface area contributed by atoms with Crippen molar-refractivity contribution >= 4 is 23.3 Å². The number of hydrogen-bond donors (Lipinski definition) is 1. The number of aromatic nitrogens is 2. The summed E-state index contributed by atoms with van der Waals surface area (Å²) in [4.78, 5) is 3.26. The molecule has 3 nitrogen and oxygen atoms in total. The molecule has 0 bridgehead atoms. The number of benzene rings is 1. The third-order valence-electron chi connectivity index (χ3n) is 4.11. The van der Waals surface area contributed by atoms with Crippen LogP contribution in [0.2, 0.25) is 0 Å². The molecule has 0 aliphatic heterocycles. The maximum Gasteiger partial charge on any atom is 0.178 e. The number of ether oxygens (including phenoxy) is 1. The minimum atomic E-state index is 0.202. The Labute approximate surface area is 119 Å². The summed E-state index contributed by atoms with van der Waals surface area (Å²) in [6.45, 7) is 9.97.